The van der Waals surface area contributed by atoms with Crippen molar-refractivity contribution in [2.45, 2.75) is 23.9 Å². The minimum atomic E-state index is -2.91. The van der Waals surface area contributed by atoms with Gasteiger partial charge < -0.3 is 25.5 Å². The van der Waals surface area contributed by atoms with Gasteiger partial charge in [0.15, 0.2) is 0 Å². The van der Waals surface area contributed by atoms with Crippen molar-refractivity contribution in [3.05, 3.63) is 0 Å². The van der Waals surface area contributed by atoms with Gasteiger partial charge in [0.05, 0.1) is 6.61 Å². The fourth-order valence-electron chi connectivity index (χ4n) is 1.32. The van der Waals surface area contributed by atoms with Crippen molar-refractivity contribution >= 4 is 11.6 Å². The standard InChI is InChI=1S/C7H10O7/c8-1-2(9)7(14)5(12)3(10)4(11)6(7)13/h2-4,8-11,14H,1H2/t2?,3-,4-/m0/s1. The molecule has 1 saturated carbocycles. The Morgan fingerprint density at radius 2 is 1.57 bits per heavy atom. The molecule has 1 aliphatic rings. The van der Waals surface area contributed by atoms with E-state index in [-0.39, 0.29) is 0 Å². The number of carbonyl (C=O) groups excluding carboxylic acids is 2. The summed E-state index contributed by atoms with van der Waals surface area (Å²) in [5.41, 5.74) is -2.91. The van der Waals surface area contributed by atoms with E-state index in [9.17, 15) is 14.7 Å². The lowest BCUT2D eigenvalue weighted by atomic mass is 9.93. The SMILES string of the molecule is O=C1[C@@H](O)[C@H](O)C(=O)C1(O)C(O)CO. The van der Waals surface area contributed by atoms with Gasteiger partial charge in [0, 0.05) is 0 Å². The second-order valence-electron chi connectivity index (χ2n) is 3.08. The summed E-state index contributed by atoms with van der Waals surface area (Å²) < 4.78 is 0. The highest BCUT2D eigenvalue weighted by Crippen LogP contribution is 2.26. The van der Waals surface area contributed by atoms with Gasteiger partial charge in [-0.05, 0) is 0 Å². The van der Waals surface area contributed by atoms with Crippen molar-refractivity contribution in [3.63, 3.8) is 0 Å². The zero-order valence-electron chi connectivity index (χ0n) is 6.99. The first-order valence-electron chi connectivity index (χ1n) is 3.83. The number of rotatable bonds is 2. The molecule has 0 radical (unpaired) electrons. The molecule has 0 aliphatic heterocycles. The second kappa shape index (κ2) is 3.37. The second-order valence-corrected chi connectivity index (χ2v) is 3.08. The van der Waals surface area contributed by atoms with Gasteiger partial charge in [-0.1, -0.05) is 0 Å². The van der Waals surface area contributed by atoms with Crippen LogP contribution in [0, 0.1) is 0 Å². The van der Waals surface area contributed by atoms with Crippen LogP contribution in [0.15, 0.2) is 0 Å². The molecule has 0 aromatic heterocycles. The van der Waals surface area contributed by atoms with E-state index in [1.807, 2.05) is 0 Å². The molecule has 5 N–H and O–H groups in total. The molecule has 7 nitrogen and oxygen atoms in total. The molecule has 0 spiro atoms. The number of Topliss-reactive ketones (excluding diaryl/α,β-unsaturated/α-hetero) is 2. The van der Waals surface area contributed by atoms with Crippen LogP contribution >= 0.6 is 0 Å². The molecule has 3 atom stereocenters. The van der Waals surface area contributed by atoms with E-state index in [2.05, 4.69) is 0 Å². The van der Waals surface area contributed by atoms with E-state index in [0.29, 0.717) is 0 Å². The number of ketones is 2. The lowest BCUT2D eigenvalue weighted by Crippen LogP contribution is -2.54. The van der Waals surface area contributed by atoms with Crippen molar-refractivity contribution in [2.24, 2.45) is 0 Å². The minimum absolute atomic E-state index is 1.03. The van der Waals surface area contributed by atoms with Crippen LogP contribution in [0.1, 0.15) is 0 Å². The molecule has 0 amide bonds. The van der Waals surface area contributed by atoms with Crippen LogP contribution in [0.25, 0.3) is 0 Å². The largest absolute Gasteiger partial charge is 0.394 e. The summed E-state index contributed by atoms with van der Waals surface area (Å²) >= 11 is 0. The Kier molecular flexibility index (Phi) is 2.70. The molecule has 7 heteroatoms. The summed E-state index contributed by atoms with van der Waals surface area (Å²) in [6.45, 7) is -1.03. The third-order valence-corrected chi connectivity index (χ3v) is 2.24. The van der Waals surface area contributed by atoms with Crippen LogP contribution in [0.5, 0.6) is 0 Å². The molecular formula is C7H10O7. The smallest absolute Gasteiger partial charge is 0.215 e. The molecule has 14 heavy (non-hydrogen) atoms. The van der Waals surface area contributed by atoms with Gasteiger partial charge in [0.2, 0.25) is 17.2 Å². The summed E-state index contributed by atoms with van der Waals surface area (Å²) in [5.74, 6) is -2.81. The van der Waals surface area contributed by atoms with Crippen molar-refractivity contribution in [3.8, 4) is 0 Å². The average Bonchev–Trinajstić information content (AvgIpc) is 2.34. The van der Waals surface area contributed by atoms with Crippen LogP contribution in [0.3, 0.4) is 0 Å². The van der Waals surface area contributed by atoms with Crippen LogP contribution in [-0.2, 0) is 9.59 Å². The molecular weight excluding hydrogens is 196 g/mol. The Labute approximate surface area is 78.2 Å². The van der Waals surface area contributed by atoms with Crippen LogP contribution in [0.4, 0.5) is 0 Å². The Hall–Kier alpha value is -0.860. The molecule has 0 aromatic carbocycles. The molecule has 80 valence electrons. The zero-order chi connectivity index (χ0) is 11.1. The fourth-order valence-corrected chi connectivity index (χ4v) is 1.32. The predicted molar refractivity (Wildman–Crippen MR) is 40.1 cm³/mol. The van der Waals surface area contributed by atoms with E-state index in [4.69, 9.17) is 20.4 Å². The molecule has 0 heterocycles. The first kappa shape index (κ1) is 11.2. The van der Waals surface area contributed by atoms with Crippen LogP contribution in [-0.4, -0.2) is 67.6 Å². The highest BCUT2D eigenvalue weighted by atomic mass is 16.4. The Balaban J connectivity index is 3.11. The van der Waals surface area contributed by atoms with Crippen LogP contribution < -0.4 is 0 Å². The van der Waals surface area contributed by atoms with Gasteiger partial charge in [0.1, 0.15) is 18.3 Å². The monoisotopic (exact) mass is 206 g/mol. The molecule has 1 fully saturated rings. The molecule has 0 bridgehead atoms. The maximum Gasteiger partial charge on any atom is 0.215 e. The van der Waals surface area contributed by atoms with Crippen molar-refractivity contribution in [1.29, 1.82) is 0 Å². The van der Waals surface area contributed by atoms with Gasteiger partial charge in [0.25, 0.3) is 0 Å². The lowest BCUT2D eigenvalue weighted by Gasteiger charge is -2.23. The summed E-state index contributed by atoms with van der Waals surface area (Å²) in [7, 11) is 0. The molecule has 1 rings (SSSR count). The minimum Gasteiger partial charge on any atom is -0.394 e. The highest BCUT2D eigenvalue weighted by Gasteiger charge is 2.62. The van der Waals surface area contributed by atoms with E-state index in [0.717, 1.165) is 0 Å². The normalized spacial score (nSPS) is 33.5. The quantitative estimate of drug-likeness (QED) is 0.290. The zero-order valence-corrected chi connectivity index (χ0v) is 6.99. The Bertz CT molecular complexity index is 253. The maximum absolute atomic E-state index is 11.1. The van der Waals surface area contributed by atoms with Crippen molar-refractivity contribution in [1.82, 2.24) is 0 Å². The number of aliphatic hydroxyl groups excluding tert-OH is 4. The fraction of sp³-hybridized carbons (Fsp3) is 0.714. The molecule has 1 unspecified atom stereocenters. The van der Waals surface area contributed by atoms with Gasteiger partial charge >= 0.3 is 0 Å². The average molecular weight is 206 g/mol. The molecule has 1 aliphatic carbocycles. The first-order valence-corrected chi connectivity index (χ1v) is 3.83. The van der Waals surface area contributed by atoms with E-state index in [1.54, 1.807) is 0 Å². The topological polar surface area (TPSA) is 135 Å². The van der Waals surface area contributed by atoms with Gasteiger partial charge in [-0.2, -0.15) is 0 Å². The lowest BCUT2D eigenvalue weighted by molar-refractivity contribution is -0.162. The Morgan fingerprint density at radius 1 is 1.21 bits per heavy atom. The number of hydrogen-bond donors (Lipinski definition) is 5. The van der Waals surface area contributed by atoms with Gasteiger partial charge in [-0.3, -0.25) is 9.59 Å². The van der Waals surface area contributed by atoms with Crippen LogP contribution in [0.2, 0.25) is 0 Å². The first-order chi connectivity index (χ1) is 6.37. The van der Waals surface area contributed by atoms with Crippen molar-refractivity contribution in [2.75, 3.05) is 6.61 Å². The van der Waals surface area contributed by atoms with E-state index >= 15 is 0 Å². The molecule has 0 saturated heterocycles. The van der Waals surface area contributed by atoms with Gasteiger partial charge in [-0.15, -0.1) is 0 Å². The number of hydrogen-bond acceptors (Lipinski definition) is 7. The maximum atomic E-state index is 11.1. The number of carbonyl (C=O) groups is 2. The predicted octanol–water partition coefficient (Wildman–Crippen LogP) is -4.06. The summed E-state index contributed by atoms with van der Waals surface area (Å²) in [6, 6.07) is 0. The van der Waals surface area contributed by atoms with E-state index in [1.165, 1.54) is 0 Å². The Morgan fingerprint density at radius 3 is 1.86 bits per heavy atom. The summed E-state index contributed by atoms with van der Waals surface area (Å²) in [5, 5.41) is 44.8. The van der Waals surface area contributed by atoms with Gasteiger partial charge in [-0.25, -0.2) is 0 Å². The third kappa shape index (κ3) is 1.18. The number of aliphatic hydroxyl groups is 5. The van der Waals surface area contributed by atoms with E-state index < -0.39 is 42.1 Å². The summed E-state index contributed by atoms with van der Waals surface area (Å²) in [6.07, 6.45) is -6.17. The van der Waals surface area contributed by atoms with Crippen molar-refractivity contribution < 1.29 is 35.1 Å². The molecule has 0 aromatic rings. The highest BCUT2D eigenvalue weighted by molar-refractivity contribution is 6.21. The summed E-state index contributed by atoms with van der Waals surface area (Å²) in [4.78, 5) is 22.2. The third-order valence-electron chi connectivity index (χ3n) is 2.24.